The van der Waals surface area contributed by atoms with E-state index in [1.165, 1.54) is 6.42 Å². The summed E-state index contributed by atoms with van der Waals surface area (Å²) in [6.45, 7) is 2.57. The third kappa shape index (κ3) is 5.28. The van der Waals surface area contributed by atoms with Crippen LogP contribution in [0.5, 0.6) is 0 Å². The molecule has 4 rings (SSSR count). The van der Waals surface area contributed by atoms with E-state index in [2.05, 4.69) is 10.3 Å². The zero-order valence-electron chi connectivity index (χ0n) is 17.8. The van der Waals surface area contributed by atoms with Crippen molar-refractivity contribution in [1.29, 1.82) is 0 Å². The topological polar surface area (TPSA) is 65.2 Å². The van der Waals surface area contributed by atoms with Crippen LogP contribution in [0.25, 0.3) is 10.9 Å². The molecule has 1 aromatic heterocycles. The number of carbonyl (C=O) groups excluding carboxylic acids is 1. The van der Waals surface area contributed by atoms with Crippen molar-refractivity contribution in [3.8, 4) is 0 Å². The SMILES string of the molecule is Cc1ccc2[nH]c(=O)c(CN(Cc3ccccc3Cl)C(=O)NC3CCCCC3)cc2c1. The number of pyridine rings is 1. The summed E-state index contributed by atoms with van der Waals surface area (Å²) in [5.41, 5.74) is 3.16. The Morgan fingerprint density at radius 2 is 1.81 bits per heavy atom. The number of H-pyrrole nitrogens is 1. The standard InChI is InChI=1S/C25H28ClN3O2/c1-17-11-12-23-19(13-17)14-20(24(30)28-23)16-29(15-18-7-5-6-10-22(18)26)25(31)27-21-8-3-2-4-9-21/h5-7,10-14,21H,2-4,8-9,15-16H2,1H3,(H,27,31)(H,28,30). The summed E-state index contributed by atoms with van der Waals surface area (Å²) in [6, 6.07) is 15.3. The molecule has 31 heavy (non-hydrogen) atoms. The number of aromatic amines is 1. The van der Waals surface area contributed by atoms with Crippen molar-refractivity contribution in [2.75, 3.05) is 0 Å². The fraction of sp³-hybridized carbons (Fsp3) is 0.360. The van der Waals surface area contributed by atoms with Crippen LogP contribution in [-0.4, -0.2) is 22.0 Å². The number of hydrogen-bond donors (Lipinski definition) is 2. The summed E-state index contributed by atoms with van der Waals surface area (Å²) in [7, 11) is 0. The van der Waals surface area contributed by atoms with Crippen molar-refractivity contribution in [3.05, 3.63) is 80.6 Å². The van der Waals surface area contributed by atoms with Crippen LogP contribution in [0.15, 0.2) is 53.3 Å². The molecule has 162 valence electrons. The van der Waals surface area contributed by atoms with E-state index >= 15 is 0 Å². The molecule has 1 fully saturated rings. The number of nitrogens with one attached hydrogen (secondary N) is 2. The maximum atomic E-state index is 13.2. The number of carbonyl (C=O) groups is 1. The van der Waals surface area contributed by atoms with Gasteiger partial charge in [-0.2, -0.15) is 0 Å². The summed E-state index contributed by atoms with van der Waals surface area (Å²) in [5, 5.41) is 4.75. The van der Waals surface area contributed by atoms with E-state index in [1.54, 1.807) is 4.90 Å². The number of aryl methyl sites for hydroxylation is 1. The zero-order chi connectivity index (χ0) is 21.8. The molecule has 0 atom stereocenters. The van der Waals surface area contributed by atoms with Gasteiger partial charge in [0, 0.05) is 28.7 Å². The number of benzene rings is 2. The van der Waals surface area contributed by atoms with Gasteiger partial charge < -0.3 is 15.2 Å². The first kappa shape index (κ1) is 21.4. The lowest BCUT2D eigenvalue weighted by Gasteiger charge is -2.28. The largest absolute Gasteiger partial charge is 0.335 e. The zero-order valence-corrected chi connectivity index (χ0v) is 18.5. The molecule has 0 radical (unpaired) electrons. The van der Waals surface area contributed by atoms with Crippen molar-refractivity contribution in [2.24, 2.45) is 0 Å². The van der Waals surface area contributed by atoms with E-state index < -0.39 is 0 Å². The number of rotatable bonds is 5. The Morgan fingerprint density at radius 3 is 2.58 bits per heavy atom. The number of fused-ring (bicyclic) bond motifs is 1. The molecule has 1 aliphatic carbocycles. The quantitative estimate of drug-likeness (QED) is 0.550. The number of nitrogens with zero attached hydrogens (tertiary/aromatic N) is 1. The third-order valence-corrected chi connectivity index (χ3v) is 6.35. The van der Waals surface area contributed by atoms with Crippen molar-refractivity contribution in [1.82, 2.24) is 15.2 Å². The van der Waals surface area contributed by atoms with Gasteiger partial charge in [0.1, 0.15) is 0 Å². The first-order valence-corrected chi connectivity index (χ1v) is 11.3. The second-order valence-corrected chi connectivity index (χ2v) is 8.85. The number of halogens is 1. The fourth-order valence-electron chi connectivity index (χ4n) is 4.24. The molecule has 3 aromatic rings. The molecule has 1 heterocycles. The molecule has 0 bridgehead atoms. The minimum Gasteiger partial charge on any atom is -0.335 e. The van der Waals surface area contributed by atoms with Gasteiger partial charge in [-0.05, 0) is 55.0 Å². The van der Waals surface area contributed by atoms with Gasteiger partial charge in [0.2, 0.25) is 0 Å². The highest BCUT2D eigenvalue weighted by Crippen LogP contribution is 2.21. The predicted molar refractivity (Wildman–Crippen MR) is 125 cm³/mol. The van der Waals surface area contributed by atoms with Crippen molar-refractivity contribution >= 4 is 28.5 Å². The van der Waals surface area contributed by atoms with Crippen molar-refractivity contribution < 1.29 is 4.79 Å². The van der Waals surface area contributed by atoms with E-state index in [-0.39, 0.29) is 24.2 Å². The van der Waals surface area contributed by atoms with Crippen LogP contribution in [0, 0.1) is 6.92 Å². The summed E-state index contributed by atoms with van der Waals surface area (Å²) in [6.07, 6.45) is 5.50. The molecular formula is C25H28ClN3O2. The number of amides is 2. The van der Waals surface area contributed by atoms with E-state index in [0.717, 1.165) is 47.7 Å². The molecule has 0 spiro atoms. The van der Waals surface area contributed by atoms with Crippen LogP contribution in [0.2, 0.25) is 5.02 Å². The normalized spacial score (nSPS) is 14.5. The maximum Gasteiger partial charge on any atom is 0.318 e. The van der Waals surface area contributed by atoms with Gasteiger partial charge in [0.15, 0.2) is 0 Å². The highest BCUT2D eigenvalue weighted by atomic mass is 35.5. The second kappa shape index (κ2) is 9.56. The lowest BCUT2D eigenvalue weighted by molar-refractivity contribution is 0.184. The van der Waals surface area contributed by atoms with Crippen molar-refractivity contribution in [3.63, 3.8) is 0 Å². The molecule has 0 aliphatic heterocycles. The minimum atomic E-state index is -0.175. The number of urea groups is 1. The smallest absolute Gasteiger partial charge is 0.318 e. The maximum absolute atomic E-state index is 13.2. The average molecular weight is 438 g/mol. The molecule has 2 N–H and O–H groups in total. The highest BCUT2D eigenvalue weighted by molar-refractivity contribution is 6.31. The highest BCUT2D eigenvalue weighted by Gasteiger charge is 2.22. The Labute approximate surface area is 187 Å². The molecule has 1 saturated carbocycles. The fourth-order valence-corrected chi connectivity index (χ4v) is 4.43. The first-order valence-electron chi connectivity index (χ1n) is 10.9. The molecule has 2 aromatic carbocycles. The van der Waals surface area contributed by atoms with Gasteiger partial charge in [-0.25, -0.2) is 4.79 Å². The van der Waals surface area contributed by atoms with E-state index in [0.29, 0.717) is 17.1 Å². The number of hydrogen-bond acceptors (Lipinski definition) is 2. The lowest BCUT2D eigenvalue weighted by atomic mass is 9.96. The predicted octanol–water partition coefficient (Wildman–Crippen LogP) is 5.53. The monoisotopic (exact) mass is 437 g/mol. The van der Waals surface area contributed by atoms with Crippen molar-refractivity contribution in [2.45, 2.75) is 58.2 Å². The third-order valence-electron chi connectivity index (χ3n) is 5.98. The van der Waals surface area contributed by atoms with E-state index in [4.69, 9.17) is 11.6 Å². The Morgan fingerprint density at radius 1 is 1.06 bits per heavy atom. The van der Waals surface area contributed by atoms with Crippen LogP contribution in [0.1, 0.15) is 48.8 Å². The van der Waals surface area contributed by atoms with Crippen LogP contribution < -0.4 is 10.9 Å². The molecular weight excluding hydrogens is 410 g/mol. The Hall–Kier alpha value is -2.79. The summed E-state index contributed by atoms with van der Waals surface area (Å²) in [5.74, 6) is 0. The lowest BCUT2D eigenvalue weighted by Crippen LogP contribution is -2.45. The Balaban J connectivity index is 1.62. The number of aromatic nitrogens is 1. The summed E-state index contributed by atoms with van der Waals surface area (Å²) >= 11 is 6.37. The second-order valence-electron chi connectivity index (χ2n) is 8.45. The Kier molecular flexibility index (Phi) is 6.62. The van der Waals surface area contributed by atoms with Gasteiger partial charge >= 0.3 is 6.03 Å². The van der Waals surface area contributed by atoms with Gasteiger partial charge in [-0.1, -0.05) is 60.7 Å². The molecule has 0 saturated heterocycles. The molecule has 2 amide bonds. The molecule has 1 aliphatic rings. The van der Waals surface area contributed by atoms with Crippen LogP contribution >= 0.6 is 11.6 Å². The Bertz CT molecular complexity index is 1140. The minimum absolute atomic E-state index is 0.157. The average Bonchev–Trinajstić information content (AvgIpc) is 2.76. The molecule has 0 unspecified atom stereocenters. The van der Waals surface area contributed by atoms with E-state index in [1.807, 2.05) is 55.5 Å². The summed E-state index contributed by atoms with van der Waals surface area (Å²) in [4.78, 5) is 30.6. The van der Waals surface area contributed by atoms with E-state index in [9.17, 15) is 9.59 Å². The first-order chi connectivity index (χ1) is 15.0. The van der Waals surface area contributed by atoms with Gasteiger partial charge in [0.25, 0.3) is 5.56 Å². The van der Waals surface area contributed by atoms with Crippen LogP contribution in [0.4, 0.5) is 4.79 Å². The van der Waals surface area contributed by atoms with Gasteiger partial charge in [-0.3, -0.25) is 4.79 Å². The van der Waals surface area contributed by atoms with Gasteiger partial charge in [-0.15, -0.1) is 0 Å². The van der Waals surface area contributed by atoms with Gasteiger partial charge in [0.05, 0.1) is 6.54 Å². The van der Waals surface area contributed by atoms with Crippen LogP contribution in [0.3, 0.4) is 0 Å². The molecule has 6 heteroatoms. The van der Waals surface area contributed by atoms with Crippen LogP contribution in [-0.2, 0) is 13.1 Å². The molecule has 5 nitrogen and oxygen atoms in total. The summed E-state index contributed by atoms with van der Waals surface area (Å²) < 4.78 is 0.